The molecular weight excluding hydrogens is 359 g/mol. The lowest BCUT2D eigenvalue weighted by Gasteiger charge is -2.15. The van der Waals surface area contributed by atoms with Gasteiger partial charge < -0.3 is 15.8 Å². The van der Waals surface area contributed by atoms with Crippen LogP contribution in [0.4, 0.5) is 10.1 Å². The van der Waals surface area contributed by atoms with Crippen LogP contribution in [0.2, 0.25) is 5.02 Å². The predicted molar refractivity (Wildman–Crippen MR) is 97.5 cm³/mol. The molecule has 0 aliphatic heterocycles. The summed E-state index contributed by atoms with van der Waals surface area (Å²) in [7, 11) is 1.46. The Kier molecular flexibility index (Phi) is 5.20. The van der Waals surface area contributed by atoms with Crippen LogP contribution in [0.5, 0.6) is 5.75 Å². The zero-order valence-corrected chi connectivity index (χ0v) is 14.5. The number of amides is 1. The third kappa shape index (κ3) is 3.68. The van der Waals surface area contributed by atoms with Gasteiger partial charge in [-0.1, -0.05) is 23.7 Å². The highest BCUT2D eigenvalue weighted by Gasteiger charge is 2.19. The molecule has 0 radical (unpaired) electrons. The number of aromatic amines is 1. The summed E-state index contributed by atoms with van der Waals surface area (Å²) in [4.78, 5) is 12.4. The number of rotatable bonds is 5. The highest BCUT2D eigenvalue weighted by molar-refractivity contribution is 6.30. The van der Waals surface area contributed by atoms with Crippen LogP contribution in [0.3, 0.4) is 0 Å². The van der Waals surface area contributed by atoms with E-state index in [2.05, 4.69) is 15.5 Å². The second kappa shape index (κ2) is 7.55. The topological polar surface area (TPSA) is 93.0 Å². The van der Waals surface area contributed by atoms with E-state index in [1.54, 1.807) is 36.7 Å². The van der Waals surface area contributed by atoms with Crippen LogP contribution < -0.4 is 15.8 Å². The van der Waals surface area contributed by atoms with Crippen molar-refractivity contribution in [1.82, 2.24) is 10.2 Å². The number of anilines is 1. The molecule has 134 valence electrons. The molecule has 3 aromatic rings. The molecule has 8 heteroatoms. The van der Waals surface area contributed by atoms with Gasteiger partial charge in [-0.15, -0.1) is 0 Å². The maximum atomic E-state index is 14.5. The molecule has 0 spiro atoms. The van der Waals surface area contributed by atoms with Crippen LogP contribution in [0, 0.1) is 5.82 Å². The number of benzene rings is 2. The number of nitrogens with zero attached hydrogens (tertiary/aromatic N) is 1. The van der Waals surface area contributed by atoms with E-state index in [9.17, 15) is 9.18 Å². The fraction of sp³-hybridized carbons (Fsp3) is 0.111. The Morgan fingerprint density at radius 1 is 1.35 bits per heavy atom. The van der Waals surface area contributed by atoms with Crippen LogP contribution in [0.15, 0.2) is 48.8 Å². The van der Waals surface area contributed by atoms with Crippen molar-refractivity contribution >= 4 is 23.2 Å². The minimum Gasteiger partial charge on any atom is -0.496 e. The third-order valence-corrected chi connectivity index (χ3v) is 4.12. The molecule has 0 saturated carbocycles. The summed E-state index contributed by atoms with van der Waals surface area (Å²) < 4.78 is 19.8. The summed E-state index contributed by atoms with van der Waals surface area (Å²) in [6.45, 7) is 0. The van der Waals surface area contributed by atoms with Gasteiger partial charge in [0.2, 0.25) is 5.91 Å². The van der Waals surface area contributed by atoms with E-state index in [0.29, 0.717) is 27.5 Å². The molecule has 0 aliphatic rings. The zero-order valence-electron chi connectivity index (χ0n) is 13.8. The third-order valence-electron chi connectivity index (χ3n) is 3.87. The molecule has 0 aliphatic carbocycles. The standard InChI is InChI=1S/C18H16ClFN4O2/c1-26-16-7-15(14(20)6-13(16)11-8-22-23-9-11)24-18(25)17(21)10-2-4-12(19)5-3-10/h2-9,17H,21H2,1H3,(H,22,23)(H,24,25). The monoisotopic (exact) mass is 374 g/mol. The van der Waals surface area contributed by atoms with E-state index >= 15 is 0 Å². The fourth-order valence-electron chi connectivity index (χ4n) is 2.47. The second-order valence-electron chi connectivity index (χ2n) is 5.54. The van der Waals surface area contributed by atoms with Crippen molar-refractivity contribution in [1.29, 1.82) is 0 Å². The lowest BCUT2D eigenvalue weighted by atomic mass is 10.1. The highest BCUT2D eigenvalue weighted by atomic mass is 35.5. The summed E-state index contributed by atoms with van der Waals surface area (Å²) in [5.74, 6) is -0.772. The molecule has 0 bridgehead atoms. The van der Waals surface area contributed by atoms with Crippen LogP contribution in [0.25, 0.3) is 11.1 Å². The molecule has 1 heterocycles. The maximum absolute atomic E-state index is 14.5. The van der Waals surface area contributed by atoms with E-state index < -0.39 is 17.8 Å². The van der Waals surface area contributed by atoms with Gasteiger partial charge in [-0.2, -0.15) is 5.10 Å². The minimum atomic E-state index is -0.966. The van der Waals surface area contributed by atoms with Gasteiger partial charge in [-0.05, 0) is 23.8 Å². The Morgan fingerprint density at radius 2 is 2.08 bits per heavy atom. The first-order valence-electron chi connectivity index (χ1n) is 7.68. The van der Waals surface area contributed by atoms with Crippen molar-refractivity contribution in [3.63, 3.8) is 0 Å². The summed E-state index contributed by atoms with van der Waals surface area (Å²) in [5, 5.41) is 9.53. The average Bonchev–Trinajstić information content (AvgIpc) is 3.17. The van der Waals surface area contributed by atoms with E-state index in [0.717, 1.165) is 0 Å². The number of methoxy groups -OCH3 is 1. The number of nitrogens with two attached hydrogens (primary N) is 1. The Bertz CT molecular complexity index is 914. The molecule has 2 aromatic carbocycles. The smallest absolute Gasteiger partial charge is 0.245 e. The molecule has 4 N–H and O–H groups in total. The normalized spacial score (nSPS) is 11.8. The lowest BCUT2D eigenvalue weighted by molar-refractivity contribution is -0.117. The van der Waals surface area contributed by atoms with Gasteiger partial charge in [0, 0.05) is 28.4 Å². The molecule has 0 saturated heterocycles. The molecule has 1 unspecified atom stereocenters. The number of H-pyrrole nitrogens is 1. The van der Waals surface area contributed by atoms with Crippen molar-refractivity contribution in [2.45, 2.75) is 6.04 Å². The number of hydrogen-bond donors (Lipinski definition) is 3. The first-order valence-corrected chi connectivity index (χ1v) is 8.06. The van der Waals surface area contributed by atoms with E-state index in [-0.39, 0.29) is 5.69 Å². The molecule has 1 atom stereocenters. The predicted octanol–water partition coefficient (Wildman–Crippen LogP) is 3.52. The SMILES string of the molecule is COc1cc(NC(=O)C(N)c2ccc(Cl)cc2)c(F)cc1-c1cn[nH]c1. The number of halogens is 2. The summed E-state index contributed by atoms with van der Waals surface area (Å²) in [6, 6.07) is 8.26. The van der Waals surface area contributed by atoms with Gasteiger partial charge in [-0.3, -0.25) is 9.89 Å². The Morgan fingerprint density at radius 3 is 2.69 bits per heavy atom. The van der Waals surface area contributed by atoms with Gasteiger partial charge in [0.25, 0.3) is 0 Å². The number of nitrogens with one attached hydrogen (secondary N) is 2. The van der Waals surface area contributed by atoms with Crippen molar-refractivity contribution in [3.05, 3.63) is 65.2 Å². The van der Waals surface area contributed by atoms with Gasteiger partial charge in [-0.25, -0.2) is 4.39 Å². The molecule has 6 nitrogen and oxygen atoms in total. The van der Waals surface area contributed by atoms with Crippen LogP contribution in [-0.4, -0.2) is 23.2 Å². The van der Waals surface area contributed by atoms with Gasteiger partial charge in [0.05, 0.1) is 19.0 Å². The van der Waals surface area contributed by atoms with Gasteiger partial charge in [0.15, 0.2) is 0 Å². The molecule has 0 fully saturated rings. The van der Waals surface area contributed by atoms with Crippen molar-refractivity contribution in [2.75, 3.05) is 12.4 Å². The van der Waals surface area contributed by atoms with Crippen molar-refractivity contribution < 1.29 is 13.9 Å². The fourth-order valence-corrected chi connectivity index (χ4v) is 2.60. The van der Waals surface area contributed by atoms with Gasteiger partial charge >= 0.3 is 0 Å². The van der Waals surface area contributed by atoms with Crippen molar-refractivity contribution in [2.24, 2.45) is 5.73 Å². The van der Waals surface area contributed by atoms with Gasteiger partial charge in [0.1, 0.15) is 17.6 Å². The highest BCUT2D eigenvalue weighted by Crippen LogP contribution is 2.34. The quantitative estimate of drug-likeness (QED) is 0.637. The first kappa shape index (κ1) is 17.9. The number of carbonyl (C=O) groups excluding carboxylic acids is 1. The number of aromatic nitrogens is 2. The zero-order chi connectivity index (χ0) is 18.7. The molecular formula is C18H16ClFN4O2. The summed E-state index contributed by atoms with van der Waals surface area (Å²) in [6.07, 6.45) is 3.16. The Labute approximate surface area is 154 Å². The molecule has 26 heavy (non-hydrogen) atoms. The average molecular weight is 375 g/mol. The Hall–Kier alpha value is -2.90. The Balaban J connectivity index is 1.85. The van der Waals surface area contributed by atoms with Crippen molar-refractivity contribution in [3.8, 4) is 16.9 Å². The molecule has 1 amide bonds. The number of ether oxygens (including phenoxy) is 1. The summed E-state index contributed by atoms with van der Waals surface area (Å²) in [5.41, 5.74) is 7.66. The summed E-state index contributed by atoms with van der Waals surface area (Å²) >= 11 is 5.83. The van der Waals surface area contributed by atoms with E-state index in [4.69, 9.17) is 22.1 Å². The van der Waals surface area contributed by atoms with E-state index in [1.165, 1.54) is 19.2 Å². The van der Waals surface area contributed by atoms with Crippen LogP contribution >= 0.6 is 11.6 Å². The second-order valence-corrected chi connectivity index (χ2v) is 5.97. The molecule has 1 aromatic heterocycles. The lowest BCUT2D eigenvalue weighted by Crippen LogP contribution is -2.28. The maximum Gasteiger partial charge on any atom is 0.245 e. The minimum absolute atomic E-state index is 0.0245. The molecule has 3 rings (SSSR count). The van der Waals surface area contributed by atoms with Crippen LogP contribution in [0.1, 0.15) is 11.6 Å². The first-order chi connectivity index (χ1) is 12.5. The number of hydrogen-bond acceptors (Lipinski definition) is 4. The number of carbonyl (C=O) groups is 1. The van der Waals surface area contributed by atoms with Crippen LogP contribution in [-0.2, 0) is 4.79 Å². The van der Waals surface area contributed by atoms with E-state index in [1.807, 2.05) is 0 Å². The largest absolute Gasteiger partial charge is 0.496 e.